The summed E-state index contributed by atoms with van der Waals surface area (Å²) in [5.74, 6) is 3.86. The highest BCUT2D eigenvalue weighted by Gasteiger charge is 2.35. The molecular formula is C27H36. The molecule has 0 saturated heterocycles. The standard InChI is InChI=1S/C27H36/c1-3-5-21-8-11-27-19-26(17-16-25(27)18-21)24-14-12-23(13-15-24)22-9-6-20(4-2)7-10-22/h6-7,9-10,12-15,21,25-27H,3-5,8,11,16-19H2,1-2H3/t21?,25-,26-,27-/m1/s1. The van der Waals surface area contributed by atoms with Gasteiger partial charge in [-0.05, 0) is 84.5 Å². The van der Waals surface area contributed by atoms with Crippen molar-refractivity contribution in [2.75, 3.05) is 0 Å². The third-order valence-corrected chi connectivity index (χ3v) is 7.50. The fraction of sp³-hybridized carbons (Fsp3) is 0.556. The number of hydrogen-bond donors (Lipinski definition) is 0. The second kappa shape index (κ2) is 8.63. The van der Waals surface area contributed by atoms with Gasteiger partial charge in [0, 0.05) is 0 Å². The lowest BCUT2D eigenvalue weighted by Gasteiger charge is -2.42. The molecule has 1 unspecified atom stereocenters. The molecule has 0 aliphatic heterocycles. The first kappa shape index (κ1) is 18.8. The van der Waals surface area contributed by atoms with Gasteiger partial charge in [0.15, 0.2) is 0 Å². The molecule has 2 aromatic carbocycles. The van der Waals surface area contributed by atoms with Crippen molar-refractivity contribution in [3.8, 4) is 11.1 Å². The molecule has 27 heavy (non-hydrogen) atoms. The van der Waals surface area contributed by atoms with Gasteiger partial charge in [-0.25, -0.2) is 0 Å². The first-order valence-electron chi connectivity index (χ1n) is 11.5. The molecule has 0 spiro atoms. The quantitative estimate of drug-likeness (QED) is 0.506. The van der Waals surface area contributed by atoms with Crippen molar-refractivity contribution in [1.82, 2.24) is 0 Å². The van der Waals surface area contributed by atoms with Crippen LogP contribution in [0.3, 0.4) is 0 Å². The zero-order valence-corrected chi connectivity index (χ0v) is 17.3. The number of rotatable bonds is 5. The molecular weight excluding hydrogens is 324 g/mol. The van der Waals surface area contributed by atoms with E-state index in [-0.39, 0.29) is 0 Å². The molecule has 0 N–H and O–H groups in total. The molecule has 2 aliphatic rings. The van der Waals surface area contributed by atoms with Gasteiger partial charge in [0.25, 0.3) is 0 Å². The summed E-state index contributed by atoms with van der Waals surface area (Å²) < 4.78 is 0. The highest BCUT2D eigenvalue weighted by molar-refractivity contribution is 5.64. The molecule has 2 fully saturated rings. The summed E-state index contributed by atoms with van der Waals surface area (Å²) >= 11 is 0. The molecule has 2 aliphatic carbocycles. The van der Waals surface area contributed by atoms with Crippen LogP contribution in [0.5, 0.6) is 0 Å². The van der Waals surface area contributed by atoms with Crippen molar-refractivity contribution in [3.63, 3.8) is 0 Å². The first-order valence-corrected chi connectivity index (χ1v) is 11.5. The summed E-state index contributed by atoms with van der Waals surface area (Å²) in [6.07, 6.45) is 12.8. The molecule has 2 aromatic rings. The zero-order valence-electron chi connectivity index (χ0n) is 17.3. The second-order valence-corrected chi connectivity index (χ2v) is 9.17. The van der Waals surface area contributed by atoms with Crippen LogP contribution in [0.2, 0.25) is 0 Å². The Balaban J connectivity index is 1.39. The molecule has 0 aromatic heterocycles. The maximum Gasteiger partial charge on any atom is -0.0159 e. The summed E-state index contributed by atoms with van der Waals surface area (Å²) in [6, 6.07) is 18.6. The molecule has 2 saturated carbocycles. The van der Waals surface area contributed by atoms with E-state index in [0.29, 0.717) is 0 Å². The van der Waals surface area contributed by atoms with E-state index >= 15 is 0 Å². The fourth-order valence-corrected chi connectivity index (χ4v) is 5.84. The maximum absolute atomic E-state index is 2.41. The summed E-state index contributed by atoms with van der Waals surface area (Å²) in [5.41, 5.74) is 5.70. The average Bonchev–Trinajstić information content (AvgIpc) is 2.74. The van der Waals surface area contributed by atoms with Crippen LogP contribution in [0.15, 0.2) is 48.5 Å². The highest BCUT2D eigenvalue weighted by Crippen LogP contribution is 2.48. The largest absolute Gasteiger partial charge is 0.0654 e. The summed E-state index contributed by atoms with van der Waals surface area (Å²) in [5, 5.41) is 0. The molecule has 0 bridgehead atoms. The van der Waals surface area contributed by atoms with E-state index in [0.717, 1.165) is 30.1 Å². The molecule has 0 heterocycles. The van der Waals surface area contributed by atoms with Crippen molar-refractivity contribution in [2.45, 2.75) is 77.6 Å². The van der Waals surface area contributed by atoms with Gasteiger partial charge < -0.3 is 0 Å². The van der Waals surface area contributed by atoms with Crippen LogP contribution in [0.1, 0.15) is 82.3 Å². The Morgan fingerprint density at radius 3 is 2.00 bits per heavy atom. The van der Waals surface area contributed by atoms with E-state index in [1.54, 1.807) is 5.56 Å². The lowest BCUT2D eigenvalue weighted by Crippen LogP contribution is -2.30. The van der Waals surface area contributed by atoms with Crippen molar-refractivity contribution in [3.05, 3.63) is 59.7 Å². The van der Waals surface area contributed by atoms with Crippen LogP contribution in [-0.2, 0) is 6.42 Å². The van der Waals surface area contributed by atoms with E-state index in [1.807, 2.05) is 0 Å². The predicted octanol–water partition coefficient (Wildman–Crippen LogP) is 8.02. The Bertz CT molecular complexity index is 709. The molecule has 0 amide bonds. The van der Waals surface area contributed by atoms with Gasteiger partial charge in [0.05, 0.1) is 0 Å². The zero-order chi connectivity index (χ0) is 18.6. The minimum atomic E-state index is 0.797. The summed E-state index contributed by atoms with van der Waals surface area (Å²) in [6.45, 7) is 4.57. The van der Waals surface area contributed by atoms with Crippen LogP contribution in [0.4, 0.5) is 0 Å². The van der Waals surface area contributed by atoms with Gasteiger partial charge in [-0.2, -0.15) is 0 Å². The summed E-state index contributed by atoms with van der Waals surface area (Å²) in [4.78, 5) is 0. The van der Waals surface area contributed by atoms with Crippen molar-refractivity contribution in [2.24, 2.45) is 17.8 Å². The van der Waals surface area contributed by atoms with E-state index in [9.17, 15) is 0 Å². The first-order chi connectivity index (χ1) is 13.3. The normalized spacial score (nSPS) is 27.9. The molecule has 0 nitrogen and oxygen atoms in total. The van der Waals surface area contributed by atoms with Crippen LogP contribution < -0.4 is 0 Å². The third kappa shape index (κ3) is 4.31. The molecule has 0 heteroatoms. The Labute approximate surface area is 166 Å². The third-order valence-electron chi connectivity index (χ3n) is 7.50. The number of hydrogen-bond acceptors (Lipinski definition) is 0. The SMILES string of the molecule is CCCC1CC[C@@H]2C[C@H](c3ccc(-c4ccc(CC)cc4)cc3)CC[C@@H]2C1. The van der Waals surface area contributed by atoms with Crippen molar-refractivity contribution in [1.29, 1.82) is 0 Å². The van der Waals surface area contributed by atoms with E-state index in [2.05, 4.69) is 62.4 Å². The lowest BCUT2D eigenvalue weighted by molar-refractivity contribution is 0.114. The van der Waals surface area contributed by atoms with Gasteiger partial charge in [0.2, 0.25) is 0 Å². The Morgan fingerprint density at radius 2 is 1.33 bits per heavy atom. The highest BCUT2D eigenvalue weighted by atomic mass is 14.4. The van der Waals surface area contributed by atoms with E-state index < -0.39 is 0 Å². The fourth-order valence-electron chi connectivity index (χ4n) is 5.84. The number of fused-ring (bicyclic) bond motifs is 1. The monoisotopic (exact) mass is 360 g/mol. The predicted molar refractivity (Wildman–Crippen MR) is 117 cm³/mol. The minimum absolute atomic E-state index is 0.797. The number of aryl methyl sites for hydroxylation is 1. The van der Waals surface area contributed by atoms with Gasteiger partial charge in [0.1, 0.15) is 0 Å². The average molecular weight is 361 g/mol. The smallest absolute Gasteiger partial charge is 0.0159 e. The second-order valence-electron chi connectivity index (χ2n) is 9.17. The van der Waals surface area contributed by atoms with Gasteiger partial charge in [-0.15, -0.1) is 0 Å². The van der Waals surface area contributed by atoms with Crippen molar-refractivity contribution >= 4 is 0 Å². The topological polar surface area (TPSA) is 0 Å². The van der Waals surface area contributed by atoms with Crippen LogP contribution in [0, 0.1) is 17.8 Å². The van der Waals surface area contributed by atoms with Crippen LogP contribution in [0.25, 0.3) is 11.1 Å². The molecule has 4 atom stereocenters. The lowest BCUT2D eigenvalue weighted by atomic mass is 9.63. The van der Waals surface area contributed by atoms with Gasteiger partial charge in [-0.1, -0.05) is 81.6 Å². The minimum Gasteiger partial charge on any atom is -0.0654 e. The molecule has 4 rings (SSSR count). The Hall–Kier alpha value is -1.56. The molecule has 144 valence electrons. The molecule has 0 radical (unpaired) electrons. The van der Waals surface area contributed by atoms with Gasteiger partial charge >= 0.3 is 0 Å². The van der Waals surface area contributed by atoms with Crippen molar-refractivity contribution < 1.29 is 0 Å². The Morgan fingerprint density at radius 1 is 0.704 bits per heavy atom. The van der Waals surface area contributed by atoms with E-state index in [1.165, 1.54) is 68.1 Å². The summed E-state index contributed by atoms with van der Waals surface area (Å²) in [7, 11) is 0. The van der Waals surface area contributed by atoms with E-state index in [4.69, 9.17) is 0 Å². The number of benzene rings is 2. The van der Waals surface area contributed by atoms with Gasteiger partial charge in [-0.3, -0.25) is 0 Å². The van der Waals surface area contributed by atoms with Crippen LogP contribution in [-0.4, -0.2) is 0 Å². The van der Waals surface area contributed by atoms with Crippen LogP contribution >= 0.6 is 0 Å². The Kier molecular flexibility index (Phi) is 6.01. The maximum atomic E-state index is 2.41.